The molecule has 2 aromatic heterocycles. The number of hydrogen-bond donors (Lipinski definition) is 0. The Morgan fingerprint density at radius 2 is 2.24 bits per heavy atom. The van der Waals surface area contributed by atoms with Crippen molar-refractivity contribution in [1.82, 2.24) is 14.9 Å². The maximum absolute atomic E-state index is 13.1. The first-order chi connectivity index (χ1) is 13.9. The van der Waals surface area contributed by atoms with E-state index in [1.54, 1.807) is 22.6 Å². The van der Waals surface area contributed by atoms with Crippen molar-refractivity contribution >= 4 is 49.1 Å². The second-order valence-electron chi connectivity index (χ2n) is 7.49. The van der Waals surface area contributed by atoms with E-state index in [-0.39, 0.29) is 35.3 Å². The van der Waals surface area contributed by atoms with Gasteiger partial charge in [0.15, 0.2) is 9.84 Å². The standard InChI is InChI=1S/C19H25N3O4S3/c1-2-15-8-16-18(20-12-21-19(16)28-15)27-10-17(23)22(9-14-4-3-6-26-14)13-5-7-29(24,25)11-13/h8,12-14H,2-7,9-11H2,1H3/t13-,14+/m1/s1. The summed E-state index contributed by atoms with van der Waals surface area (Å²) in [5, 5.41) is 1.79. The minimum absolute atomic E-state index is 0.00185. The Morgan fingerprint density at radius 1 is 1.38 bits per heavy atom. The summed E-state index contributed by atoms with van der Waals surface area (Å²) in [6.07, 6.45) is 4.89. The number of rotatable bonds is 7. The van der Waals surface area contributed by atoms with Gasteiger partial charge in [0.25, 0.3) is 0 Å². The first kappa shape index (κ1) is 21.0. The van der Waals surface area contributed by atoms with Gasteiger partial charge in [0.1, 0.15) is 16.2 Å². The van der Waals surface area contributed by atoms with Crippen molar-refractivity contribution < 1.29 is 17.9 Å². The summed E-state index contributed by atoms with van der Waals surface area (Å²) >= 11 is 3.05. The highest BCUT2D eigenvalue weighted by atomic mass is 32.2. The zero-order chi connectivity index (χ0) is 20.4. The van der Waals surface area contributed by atoms with Gasteiger partial charge in [-0.05, 0) is 31.7 Å². The number of thiophene rings is 1. The molecule has 0 bridgehead atoms. The molecule has 0 radical (unpaired) electrons. The number of fused-ring (bicyclic) bond motifs is 1. The summed E-state index contributed by atoms with van der Waals surface area (Å²) in [6, 6.07) is 1.84. The maximum atomic E-state index is 13.1. The molecule has 0 aliphatic carbocycles. The molecule has 4 heterocycles. The van der Waals surface area contributed by atoms with Crippen LogP contribution in [0.1, 0.15) is 31.1 Å². The Kier molecular flexibility index (Phi) is 6.43. The molecule has 2 atom stereocenters. The highest BCUT2D eigenvalue weighted by molar-refractivity contribution is 8.00. The Hall–Kier alpha value is -1.23. The lowest BCUT2D eigenvalue weighted by Gasteiger charge is -2.30. The summed E-state index contributed by atoms with van der Waals surface area (Å²) in [6.45, 7) is 3.28. The van der Waals surface area contributed by atoms with E-state index in [0.29, 0.717) is 19.6 Å². The highest BCUT2D eigenvalue weighted by Gasteiger charge is 2.36. The van der Waals surface area contributed by atoms with Crippen molar-refractivity contribution in [1.29, 1.82) is 0 Å². The molecular weight excluding hydrogens is 430 g/mol. The van der Waals surface area contributed by atoms with E-state index in [1.807, 2.05) is 0 Å². The van der Waals surface area contributed by atoms with Crippen molar-refractivity contribution in [2.75, 3.05) is 30.4 Å². The molecule has 29 heavy (non-hydrogen) atoms. The fourth-order valence-corrected chi connectivity index (χ4v) is 7.46. The average molecular weight is 456 g/mol. The van der Waals surface area contributed by atoms with Crippen molar-refractivity contribution in [3.8, 4) is 0 Å². The molecule has 0 saturated carbocycles. The van der Waals surface area contributed by atoms with Gasteiger partial charge in [0, 0.05) is 29.5 Å². The first-order valence-electron chi connectivity index (χ1n) is 9.93. The van der Waals surface area contributed by atoms with Gasteiger partial charge in [-0.15, -0.1) is 11.3 Å². The maximum Gasteiger partial charge on any atom is 0.233 e. The van der Waals surface area contributed by atoms with E-state index in [4.69, 9.17) is 4.74 Å². The highest BCUT2D eigenvalue weighted by Crippen LogP contribution is 2.31. The first-order valence-corrected chi connectivity index (χ1v) is 13.5. The monoisotopic (exact) mass is 455 g/mol. The van der Waals surface area contributed by atoms with Crippen LogP contribution in [0.2, 0.25) is 0 Å². The molecule has 1 amide bonds. The van der Waals surface area contributed by atoms with E-state index in [2.05, 4.69) is 23.0 Å². The van der Waals surface area contributed by atoms with Crippen LogP contribution in [0.25, 0.3) is 10.2 Å². The SMILES string of the molecule is CCc1cc2c(SCC(=O)N(C[C@@H]3CCCO3)[C@@H]3CCS(=O)(=O)C3)ncnc2s1. The Bertz CT molecular complexity index is 986. The third kappa shape index (κ3) is 4.92. The zero-order valence-corrected chi connectivity index (χ0v) is 18.8. The van der Waals surface area contributed by atoms with Crippen molar-refractivity contribution in [3.05, 3.63) is 17.3 Å². The number of aromatic nitrogens is 2. The van der Waals surface area contributed by atoms with Crippen LogP contribution in [0.5, 0.6) is 0 Å². The van der Waals surface area contributed by atoms with Crippen LogP contribution in [-0.2, 0) is 25.8 Å². The lowest BCUT2D eigenvalue weighted by molar-refractivity contribution is -0.131. The van der Waals surface area contributed by atoms with Crippen LogP contribution in [0.4, 0.5) is 0 Å². The third-order valence-electron chi connectivity index (χ3n) is 5.42. The quantitative estimate of drug-likeness (QED) is 0.468. The van der Waals surface area contributed by atoms with Crippen LogP contribution in [-0.4, -0.2) is 71.7 Å². The number of hydrogen-bond acceptors (Lipinski definition) is 8. The van der Waals surface area contributed by atoms with Gasteiger partial charge in [-0.25, -0.2) is 18.4 Å². The van der Waals surface area contributed by atoms with Crippen molar-refractivity contribution in [3.63, 3.8) is 0 Å². The molecule has 10 heteroatoms. The molecule has 4 rings (SSSR count). The Labute approximate surface area is 179 Å². The van der Waals surface area contributed by atoms with Gasteiger partial charge in [0.2, 0.25) is 5.91 Å². The Morgan fingerprint density at radius 3 is 2.93 bits per heavy atom. The number of thioether (sulfide) groups is 1. The minimum Gasteiger partial charge on any atom is -0.376 e. The largest absolute Gasteiger partial charge is 0.376 e. The molecular formula is C19H25N3O4S3. The average Bonchev–Trinajstić information content (AvgIpc) is 3.43. The van der Waals surface area contributed by atoms with Crippen LogP contribution in [0, 0.1) is 0 Å². The second-order valence-corrected chi connectivity index (χ2v) is 11.8. The molecule has 2 aliphatic heterocycles. The number of carbonyl (C=O) groups excluding carboxylic acids is 1. The molecule has 2 fully saturated rings. The van der Waals surface area contributed by atoms with Crippen LogP contribution in [0.15, 0.2) is 17.4 Å². The smallest absolute Gasteiger partial charge is 0.233 e. The van der Waals surface area contributed by atoms with Gasteiger partial charge in [-0.3, -0.25) is 4.79 Å². The predicted octanol–water partition coefficient (Wildman–Crippen LogP) is 2.54. The molecule has 0 unspecified atom stereocenters. The second kappa shape index (κ2) is 8.87. The molecule has 2 aromatic rings. The molecule has 0 N–H and O–H groups in total. The van der Waals surface area contributed by atoms with Gasteiger partial charge in [-0.1, -0.05) is 18.7 Å². The topological polar surface area (TPSA) is 89.5 Å². The Balaban J connectivity index is 1.48. The van der Waals surface area contributed by atoms with Crippen molar-refractivity contribution in [2.45, 2.75) is 49.8 Å². The summed E-state index contributed by atoms with van der Waals surface area (Å²) in [5.74, 6) is 0.386. The molecule has 2 aliphatic rings. The van der Waals surface area contributed by atoms with E-state index in [1.165, 1.54) is 16.6 Å². The number of ether oxygens (including phenoxy) is 1. The number of sulfone groups is 1. The molecule has 158 valence electrons. The number of amides is 1. The van der Waals surface area contributed by atoms with E-state index in [0.717, 1.165) is 34.5 Å². The normalized spacial score (nSPS) is 23.6. The van der Waals surface area contributed by atoms with Crippen LogP contribution in [0.3, 0.4) is 0 Å². The van der Waals surface area contributed by atoms with Crippen molar-refractivity contribution in [2.24, 2.45) is 0 Å². The minimum atomic E-state index is -3.06. The van der Waals surface area contributed by atoms with Gasteiger partial charge < -0.3 is 9.64 Å². The molecule has 0 spiro atoms. The van der Waals surface area contributed by atoms with Gasteiger partial charge >= 0.3 is 0 Å². The lowest BCUT2D eigenvalue weighted by Crippen LogP contribution is -2.46. The number of nitrogens with zero attached hydrogens (tertiary/aromatic N) is 3. The number of carbonyl (C=O) groups is 1. The third-order valence-corrected chi connectivity index (χ3v) is 9.35. The number of aryl methyl sites for hydroxylation is 1. The molecule has 0 aromatic carbocycles. The zero-order valence-electron chi connectivity index (χ0n) is 16.4. The fraction of sp³-hybridized carbons (Fsp3) is 0.632. The van der Waals surface area contributed by atoms with E-state index in [9.17, 15) is 13.2 Å². The molecule has 2 saturated heterocycles. The fourth-order valence-electron chi connectivity index (χ4n) is 3.87. The predicted molar refractivity (Wildman–Crippen MR) is 115 cm³/mol. The van der Waals surface area contributed by atoms with Gasteiger partial charge in [0.05, 0.1) is 23.4 Å². The van der Waals surface area contributed by atoms with Crippen LogP contribution < -0.4 is 0 Å². The summed E-state index contributed by atoms with van der Waals surface area (Å²) in [4.78, 5) is 25.7. The molecule has 7 nitrogen and oxygen atoms in total. The summed E-state index contributed by atoms with van der Waals surface area (Å²) in [5.41, 5.74) is 0. The van der Waals surface area contributed by atoms with E-state index >= 15 is 0 Å². The van der Waals surface area contributed by atoms with Crippen LogP contribution >= 0.6 is 23.1 Å². The lowest BCUT2D eigenvalue weighted by atomic mass is 10.1. The van der Waals surface area contributed by atoms with Gasteiger partial charge in [-0.2, -0.15) is 0 Å². The van der Waals surface area contributed by atoms with E-state index < -0.39 is 9.84 Å². The summed E-state index contributed by atoms with van der Waals surface area (Å²) in [7, 11) is -3.06. The summed E-state index contributed by atoms with van der Waals surface area (Å²) < 4.78 is 29.7.